The first-order chi connectivity index (χ1) is 9.35. The standard InChI is InChI=1S/C17H30O2/c1-2-17(9-5-12-18-14-11-17)10-6-13-19-15-16-7-3-4-8-16/h15H,2-14H2,1H3. The molecule has 1 saturated heterocycles. The molecule has 2 rings (SSSR count). The lowest BCUT2D eigenvalue weighted by molar-refractivity contribution is 0.121. The highest BCUT2D eigenvalue weighted by Crippen LogP contribution is 2.38. The Morgan fingerprint density at radius 1 is 1.16 bits per heavy atom. The average Bonchev–Trinajstić information content (AvgIpc) is 2.84. The molecule has 1 unspecified atom stereocenters. The molecular formula is C17H30O2. The third kappa shape index (κ3) is 4.83. The molecule has 2 fully saturated rings. The monoisotopic (exact) mass is 266 g/mol. The zero-order valence-corrected chi connectivity index (χ0v) is 12.6. The number of ether oxygens (including phenoxy) is 2. The Bertz CT molecular complexity index is 267. The smallest absolute Gasteiger partial charge is 0.0873 e. The molecule has 19 heavy (non-hydrogen) atoms. The molecule has 1 aliphatic carbocycles. The first kappa shape index (κ1) is 14.9. The highest BCUT2D eigenvalue weighted by atomic mass is 16.5. The van der Waals surface area contributed by atoms with Crippen molar-refractivity contribution in [3.05, 3.63) is 11.8 Å². The molecule has 0 radical (unpaired) electrons. The number of hydrogen-bond acceptors (Lipinski definition) is 2. The van der Waals surface area contributed by atoms with Crippen LogP contribution < -0.4 is 0 Å². The highest BCUT2D eigenvalue weighted by molar-refractivity contribution is 5.02. The van der Waals surface area contributed by atoms with E-state index in [4.69, 9.17) is 9.47 Å². The SMILES string of the molecule is CCC1(CCCOC=C2CCCC2)CCCOCC1. The minimum Gasteiger partial charge on any atom is -0.501 e. The summed E-state index contributed by atoms with van der Waals surface area (Å²) in [6.45, 7) is 5.15. The fraction of sp³-hybridized carbons (Fsp3) is 0.882. The summed E-state index contributed by atoms with van der Waals surface area (Å²) in [5.74, 6) is 0. The topological polar surface area (TPSA) is 18.5 Å². The lowest BCUT2D eigenvalue weighted by Gasteiger charge is -2.31. The van der Waals surface area contributed by atoms with Crippen LogP contribution in [0.1, 0.15) is 71.1 Å². The fourth-order valence-electron chi connectivity index (χ4n) is 3.50. The van der Waals surface area contributed by atoms with Crippen LogP contribution in [0.3, 0.4) is 0 Å². The van der Waals surface area contributed by atoms with E-state index in [1.807, 2.05) is 6.26 Å². The molecular weight excluding hydrogens is 236 g/mol. The van der Waals surface area contributed by atoms with Crippen molar-refractivity contribution >= 4 is 0 Å². The fourth-order valence-corrected chi connectivity index (χ4v) is 3.50. The van der Waals surface area contributed by atoms with E-state index in [-0.39, 0.29) is 0 Å². The van der Waals surface area contributed by atoms with Crippen molar-refractivity contribution in [1.82, 2.24) is 0 Å². The van der Waals surface area contributed by atoms with Crippen LogP contribution >= 0.6 is 0 Å². The molecule has 0 aromatic rings. The third-order valence-electron chi connectivity index (χ3n) is 4.99. The molecule has 0 aromatic carbocycles. The number of hydrogen-bond donors (Lipinski definition) is 0. The molecule has 1 saturated carbocycles. The van der Waals surface area contributed by atoms with Crippen LogP contribution in [0.4, 0.5) is 0 Å². The molecule has 1 heterocycles. The van der Waals surface area contributed by atoms with Crippen LogP contribution in [0.2, 0.25) is 0 Å². The van der Waals surface area contributed by atoms with Crippen molar-refractivity contribution in [2.45, 2.75) is 71.1 Å². The molecule has 0 spiro atoms. The predicted molar refractivity (Wildman–Crippen MR) is 79.1 cm³/mol. The van der Waals surface area contributed by atoms with Crippen LogP contribution in [0.25, 0.3) is 0 Å². The second-order valence-electron chi connectivity index (χ2n) is 6.28. The van der Waals surface area contributed by atoms with Gasteiger partial charge in [0.05, 0.1) is 12.9 Å². The highest BCUT2D eigenvalue weighted by Gasteiger charge is 2.28. The van der Waals surface area contributed by atoms with Gasteiger partial charge in [-0.15, -0.1) is 0 Å². The lowest BCUT2D eigenvalue weighted by Crippen LogP contribution is -2.20. The van der Waals surface area contributed by atoms with E-state index in [9.17, 15) is 0 Å². The van der Waals surface area contributed by atoms with Gasteiger partial charge in [0.25, 0.3) is 0 Å². The Balaban J connectivity index is 1.66. The maximum absolute atomic E-state index is 5.74. The molecule has 2 aliphatic rings. The minimum absolute atomic E-state index is 0.528. The molecule has 2 nitrogen and oxygen atoms in total. The van der Waals surface area contributed by atoms with Gasteiger partial charge in [-0.25, -0.2) is 0 Å². The average molecular weight is 266 g/mol. The molecule has 1 aliphatic heterocycles. The molecule has 0 bridgehead atoms. The minimum atomic E-state index is 0.528. The normalized spacial score (nSPS) is 28.2. The lowest BCUT2D eigenvalue weighted by atomic mass is 9.75. The van der Waals surface area contributed by atoms with E-state index in [1.54, 1.807) is 0 Å². The second-order valence-corrected chi connectivity index (χ2v) is 6.28. The summed E-state index contributed by atoms with van der Waals surface area (Å²) in [6, 6.07) is 0. The molecule has 2 heteroatoms. The Hall–Kier alpha value is -0.500. The molecule has 0 N–H and O–H groups in total. The van der Waals surface area contributed by atoms with Crippen molar-refractivity contribution in [2.75, 3.05) is 19.8 Å². The van der Waals surface area contributed by atoms with Crippen LogP contribution in [-0.2, 0) is 9.47 Å². The first-order valence-corrected chi connectivity index (χ1v) is 8.22. The van der Waals surface area contributed by atoms with Crippen molar-refractivity contribution in [1.29, 1.82) is 0 Å². The van der Waals surface area contributed by atoms with Crippen LogP contribution in [0, 0.1) is 5.41 Å². The number of allylic oxidation sites excluding steroid dienone is 1. The van der Waals surface area contributed by atoms with Gasteiger partial charge >= 0.3 is 0 Å². The summed E-state index contributed by atoms with van der Waals surface area (Å²) in [4.78, 5) is 0. The van der Waals surface area contributed by atoms with Gasteiger partial charge in [-0.2, -0.15) is 0 Å². The zero-order valence-electron chi connectivity index (χ0n) is 12.6. The second kappa shape index (κ2) is 7.94. The van der Waals surface area contributed by atoms with Crippen molar-refractivity contribution < 1.29 is 9.47 Å². The van der Waals surface area contributed by atoms with Crippen molar-refractivity contribution in [3.63, 3.8) is 0 Å². The van der Waals surface area contributed by atoms with E-state index in [0.29, 0.717) is 5.41 Å². The molecule has 110 valence electrons. The van der Waals surface area contributed by atoms with Gasteiger partial charge in [0.15, 0.2) is 0 Å². The van der Waals surface area contributed by atoms with Crippen molar-refractivity contribution in [2.24, 2.45) is 5.41 Å². The zero-order chi connectivity index (χ0) is 13.4. The summed E-state index contributed by atoms with van der Waals surface area (Å²) in [5, 5.41) is 0. The van der Waals surface area contributed by atoms with Gasteiger partial charge in [-0.05, 0) is 68.8 Å². The van der Waals surface area contributed by atoms with Gasteiger partial charge < -0.3 is 9.47 Å². The first-order valence-electron chi connectivity index (χ1n) is 8.22. The van der Waals surface area contributed by atoms with E-state index in [1.165, 1.54) is 69.8 Å². The maximum Gasteiger partial charge on any atom is 0.0873 e. The third-order valence-corrected chi connectivity index (χ3v) is 4.99. The van der Waals surface area contributed by atoms with Crippen LogP contribution in [0.15, 0.2) is 11.8 Å². The summed E-state index contributed by atoms with van der Waals surface area (Å²) >= 11 is 0. The maximum atomic E-state index is 5.74. The van der Waals surface area contributed by atoms with Crippen LogP contribution in [-0.4, -0.2) is 19.8 Å². The number of rotatable bonds is 6. The quantitative estimate of drug-likeness (QED) is 0.506. The van der Waals surface area contributed by atoms with E-state index < -0.39 is 0 Å². The summed E-state index contributed by atoms with van der Waals surface area (Å²) in [7, 11) is 0. The van der Waals surface area contributed by atoms with Gasteiger partial charge in [0.1, 0.15) is 0 Å². The Labute approximate surface area is 118 Å². The Kier molecular flexibility index (Phi) is 6.22. The van der Waals surface area contributed by atoms with Gasteiger partial charge in [0.2, 0.25) is 0 Å². The predicted octanol–water partition coefficient (Wildman–Crippen LogP) is 4.84. The molecule has 0 amide bonds. The van der Waals surface area contributed by atoms with Gasteiger partial charge in [0, 0.05) is 13.2 Å². The van der Waals surface area contributed by atoms with E-state index in [2.05, 4.69) is 6.92 Å². The van der Waals surface area contributed by atoms with Crippen molar-refractivity contribution in [3.8, 4) is 0 Å². The van der Waals surface area contributed by atoms with Gasteiger partial charge in [-0.1, -0.05) is 13.3 Å². The Morgan fingerprint density at radius 3 is 2.79 bits per heavy atom. The summed E-state index contributed by atoms with van der Waals surface area (Å²) in [5.41, 5.74) is 2.05. The Morgan fingerprint density at radius 2 is 2.00 bits per heavy atom. The van der Waals surface area contributed by atoms with E-state index >= 15 is 0 Å². The summed E-state index contributed by atoms with van der Waals surface area (Å²) in [6.07, 6.45) is 14.9. The summed E-state index contributed by atoms with van der Waals surface area (Å²) < 4.78 is 11.3. The van der Waals surface area contributed by atoms with Crippen LogP contribution in [0.5, 0.6) is 0 Å². The molecule has 0 aromatic heterocycles. The molecule has 1 atom stereocenters. The van der Waals surface area contributed by atoms with Gasteiger partial charge in [-0.3, -0.25) is 0 Å². The largest absolute Gasteiger partial charge is 0.501 e. The van der Waals surface area contributed by atoms with E-state index in [0.717, 1.165) is 19.8 Å².